The van der Waals surface area contributed by atoms with Crippen molar-refractivity contribution in [1.29, 1.82) is 0 Å². The monoisotopic (exact) mass is 393 g/mol. The van der Waals surface area contributed by atoms with Crippen LogP contribution in [0.4, 0.5) is 5.69 Å². The smallest absolute Gasteiger partial charge is 0.224 e. The lowest BCUT2D eigenvalue weighted by molar-refractivity contribution is -0.118. The molecule has 3 rings (SSSR count). The van der Waals surface area contributed by atoms with Gasteiger partial charge in [0.2, 0.25) is 5.91 Å². The van der Waals surface area contributed by atoms with Crippen LogP contribution in [0.2, 0.25) is 5.02 Å². The fraction of sp³-hybridized carbons (Fsp3) is 0.500. The summed E-state index contributed by atoms with van der Waals surface area (Å²) in [6, 6.07) is 5.52. The minimum atomic E-state index is -0.0485. The Balaban J connectivity index is 1.63. The Morgan fingerprint density at radius 2 is 2.15 bits per heavy atom. The maximum atomic E-state index is 12.5. The third-order valence-corrected chi connectivity index (χ3v) is 6.52. The molecule has 6 nitrogen and oxygen atoms in total. The highest BCUT2D eigenvalue weighted by Gasteiger charge is 2.32. The molecule has 1 aromatic heterocycles. The molecule has 26 heavy (non-hydrogen) atoms. The van der Waals surface area contributed by atoms with Gasteiger partial charge >= 0.3 is 0 Å². The lowest BCUT2D eigenvalue weighted by Crippen LogP contribution is -2.36. The number of carbonyl (C=O) groups is 1. The first-order chi connectivity index (χ1) is 12.5. The first-order valence-electron chi connectivity index (χ1n) is 8.83. The first kappa shape index (κ1) is 19.2. The highest BCUT2D eigenvalue weighted by atomic mass is 35.5. The van der Waals surface area contributed by atoms with Gasteiger partial charge < -0.3 is 15.6 Å². The van der Waals surface area contributed by atoms with Crippen molar-refractivity contribution in [2.24, 2.45) is 18.2 Å². The molecule has 1 fully saturated rings. The summed E-state index contributed by atoms with van der Waals surface area (Å²) in [5, 5.41) is 12.2. The summed E-state index contributed by atoms with van der Waals surface area (Å²) < 4.78 is 1.83. The third kappa shape index (κ3) is 4.58. The molecule has 1 heterocycles. The van der Waals surface area contributed by atoms with Gasteiger partial charge in [-0.25, -0.2) is 0 Å². The number of rotatable bonds is 6. The molecule has 0 unspecified atom stereocenters. The number of anilines is 1. The van der Waals surface area contributed by atoms with E-state index in [9.17, 15) is 4.79 Å². The van der Waals surface area contributed by atoms with E-state index in [1.54, 1.807) is 12.4 Å². The number of amides is 1. The largest absolute Gasteiger partial charge is 0.330 e. The number of carbonyl (C=O) groups excluding carboxylic acids is 1. The predicted molar refractivity (Wildman–Crippen MR) is 104 cm³/mol. The Morgan fingerprint density at radius 1 is 1.38 bits per heavy atom. The highest BCUT2D eigenvalue weighted by molar-refractivity contribution is 7.99. The van der Waals surface area contributed by atoms with Gasteiger partial charge in [-0.15, -0.1) is 10.2 Å². The van der Waals surface area contributed by atoms with Crippen LogP contribution in [0.3, 0.4) is 0 Å². The van der Waals surface area contributed by atoms with Gasteiger partial charge in [0.25, 0.3) is 0 Å². The Bertz CT molecular complexity index is 773. The minimum Gasteiger partial charge on any atom is -0.330 e. The van der Waals surface area contributed by atoms with Gasteiger partial charge in [-0.2, -0.15) is 0 Å². The van der Waals surface area contributed by atoms with Crippen molar-refractivity contribution in [1.82, 2.24) is 14.8 Å². The molecule has 1 saturated carbocycles. The zero-order valence-electron chi connectivity index (χ0n) is 14.9. The molecule has 0 spiro atoms. The summed E-state index contributed by atoms with van der Waals surface area (Å²) >= 11 is 7.81. The maximum Gasteiger partial charge on any atom is 0.224 e. The molecule has 1 aliphatic carbocycles. The van der Waals surface area contributed by atoms with Gasteiger partial charge in [0.05, 0.1) is 5.02 Å². The summed E-state index contributed by atoms with van der Waals surface area (Å²) in [5.74, 6) is 0.00196. The summed E-state index contributed by atoms with van der Waals surface area (Å²) in [6.07, 6.45) is 7.73. The van der Waals surface area contributed by atoms with E-state index >= 15 is 0 Å². The van der Waals surface area contributed by atoms with Crippen molar-refractivity contribution in [3.63, 3.8) is 0 Å². The zero-order chi connectivity index (χ0) is 18.6. The molecule has 0 bridgehead atoms. The van der Waals surface area contributed by atoms with Gasteiger partial charge in [-0.05, 0) is 54.8 Å². The van der Waals surface area contributed by atoms with Gasteiger partial charge in [0.15, 0.2) is 5.16 Å². The zero-order valence-corrected chi connectivity index (χ0v) is 16.4. The number of nitrogens with two attached hydrogens (primary N) is 1. The van der Waals surface area contributed by atoms with E-state index in [1.807, 2.05) is 23.7 Å². The summed E-state index contributed by atoms with van der Waals surface area (Å²) in [6.45, 7) is 0.564. The molecule has 0 radical (unpaired) electrons. The van der Waals surface area contributed by atoms with E-state index in [-0.39, 0.29) is 11.3 Å². The molecule has 140 valence electrons. The second-order valence-electron chi connectivity index (χ2n) is 6.96. The van der Waals surface area contributed by atoms with Crippen molar-refractivity contribution >= 4 is 35.0 Å². The van der Waals surface area contributed by atoms with Crippen LogP contribution in [0.15, 0.2) is 34.6 Å². The molecule has 1 amide bonds. The number of hydrogen-bond acceptors (Lipinski definition) is 5. The van der Waals surface area contributed by atoms with E-state index < -0.39 is 0 Å². The van der Waals surface area contributed by atoms with E-state index in [2.05, 4.69) is 15.5 Å². The maximum absolute atomic E-state index is 12.5. The normalized spacial score (nSPS) is 16.4. The molecule has 8 heteroatoms. The van der Waals surface area contributed by atoms with Crippen LogP contribution < -0.4 is 11.1 Å². The Labute approximate surface area is 162 Å². The molecule has 1 aliphatic rings. The topological polar surface area (TPSA) is 85.8 Å². The summed E-state index contributed by atoms with van der Waals surface area (Å²) in [5.41, 5.74) is 6.63. The second kappa shape index (κ2) is 8.41. The molecular formula is C18H24ClN5OS. The van der Waals surface area contributed by atoms with Crippen LogP contribution in [-0.4, -0.2) is 27.2 Å². The Hall–Kier alpha value is -1.57. The number of benzene rings is 1. The molecule has 1 aromatic carbocycles. The standard InChI is InChI=1S/C18H24ClN5OS/c1-24-12-21-23-17(24)26-15-6-5-13(9-14(15)19)22-16(25)10-18(11-20)7-3-2-4-8-18/h5-6,9,12H,2-4,7-8,10-11,20H2,1H3,(H,22,25). The van der Waals surface area contributed by atoms with E-state index in [1.165, 1.54) is 18.2 Å². The average molecular weight is 394 g/mol. The average Bonchev–Trinajstić information content (AvgIpc) is 3.03. The number of nitrogens with one attached hydrogen (secondary N) is 1. The van der Waals surface area contributed by atoms with Crippen molar-refractivity contribution < 1.29 is 4.79 Å². The second-order valence-corrected chi connectivity index (χ2v) is 8.38. The minimum absolute atomic E-state index is 0.00196. The molecule has 0 atom stereocenters. The number of halogens is 1. The first-order valence-corrected chi connectivity index (χ1v) is 10.0. The number of aryl methyl sites for hydroxylation is 1. The van der Waals surface area contributed by atoms with E-state index in [0.29, 0.717) is 23.7 Å². The van der Waals surface area contributed by atoms with Gasteiger partial charge in [-0.1, -0.05) is 30.9 Å². The Kier molecular flexibility index (Phi) is 6.21. The SMILES string of the molecule is Cn1cnnc1Sc1ccc(NC(=O)CC2(CN)CCCCC2)cc1Cl. The van der Waals surface area contributed by atoms with Crippen molar-refractivity contribution in [3.8, 4) is 0 Å². The number of hydrogen-bond donors (Lipinski definition) is 2. The lowest BCUT2D eigenvalue weighted by Gasteiger charge is -2.35. The van der Waals surface area contributed by atoms with Gasteiger partial charge in [-0.3, -0.25) is 4.79 Å². The van der Waals surface area contributed by atoms with Gasteiger partial charge in [0, 0.05) is 24.1 Å². The quantitative estimate of drug-likeness (QED) is 0.778. The van der Waals surface area contributed by atoms with Crippen LogP contribution in [0, 0.1) is 5.41 Å². The fourth-order valence-electron chi connectivity index (χ4n) is 3.43. The van der Waals surface area contributed by atoms with Crippen LogP contribution in [0.5, 0.6) is 0 Å². The van der Waals surface area contributed by atoms with Crippen LogP contribution >= 0.6 is 23.4 Å². The van der Waals surface area contributed by atoms with Crippen molar-refractivity contribution in [2.45, 2.75) is 48.6 Å². The molecule has 0 aliphatic heterocycles. The number of aromatic nitrogens is 3. The van der Waals surface area contributed by atoms with Crippen molar-refractivity contribution in [2.75, 3.05) is 11.9 Å². The summed E-state index contributed by atoms with van der Waals surface area (Å²) in [7, 11) is 1.88. The summed E-state index contributed by atoms with van der Waals surface area (Å²) in [4.78, 5) is 13.4. The van der Waals surface area contributed by atoms with E-state index in [4.69, 9.17) is 17.3 Å². The Morgan fingerprint density at radius 3 is 2.77 bits per heavy atom. The van der Waals surface area contributed by atoms with Crippen molar-refractivity contribution in [3.05, 3.63) is 29.5 Å². The van der Waals surface area contributed by atoms with Crippen LogP contribution in [-0.2, 0) is 11.8 Å². The molecule has 3 N–H and O–H groups in total. The molecular weight excluding hydrogens is 370 g/mol. The molecule has 2 aromatic rings. The lowest BCUT2D eigenvalue weighted by atomic mass is 9.71. The fourth-order valence-corrected chi connectivity index (χ4v) is 4.49. The third-order valence-electron chi connectivity index (χ3n) is 4.97. The van der Waals surface area contributed by atoms with Crippen LogP contribution in [0.25, 0.3) is 0 Å². The van der Waals surface area contributed by atoms with Crippen LogP contribution in [0.1, 0.15) is 38.5 Å². The number of nitrogens with zero attached hydrogens (tertiary/aromatic N) is 3. The molecule has 0 saturated heterocycles. The van der Waals surface area contributed by atoms with E-state index in [0.717, 1.165) is 35.7 Å². The van der Waals surface area contributed by atoms with Gasteiger partial charge in [0.1, 0.15) is 6.33 Å². The highest BCUT2D eigenvalue weighted by Crippen LogP contribution is 2.39. The predicted octanol–water partition coefficient (Wildman–Crippen LogP) is 3.86.